The van der Waals surface area contributed by atoms with Gasteiger partial charge in [0, 0.05) is 32.1 Å². The summed E-state index contributed by atoms with van der Waals surface area (Å²) in [7, 11) is 0. The maximum Gasteiger partial charge on any atom is 0.417 e. The van der Waals surface area contributed by atoms with Crippen molar-refractivity contribution in [1.29, 1.82) is 0 Å². The highest BCUT2D eigenvalue weighted by atomic mass is 35.5. The highest BCUT2D eigenvalue weighted by Gasteiger charge is 2.34. The van der Waals surface area contributed by atoms with E-state index in [-0.39, 0.29) is 17.5 Å². The van der Waals surface area contributed by atoms with E-state index in [9.17, 15) is 18.0 Å². The molecule has 1 aliphatic rings. The van der Waals surface area contributed by atoms with Gasteiger partial charge in [0.2, 0.25) is 0 Å². The van der Waals surface area contributed by atoms with Crippen molar-refractivity contribution in [3.05, 3.63) is 106 Å². The van der Waals surface area contributed by atoms with Gasteiger partial charge in [0.1, 0.15) is 5.76 Å². The first kappa shape index (κ1) is 28.1. The first-order chi connectivity index (χ1) is 17.7. The minimum Gasteiger partial charge on any atom is -0.498 e. The molecule has 8 heteroatoms. The van der Waals surface area contributed by atoms with Crippen LogP contribution in [0.3, 0.4) is 0 Å². The van der Waals surface area contributed by atoms with Crippen LogP contribution in [-0.2, 0) is 22.3 Å². The summed E-state index contributed by atoms with van der Waals surface area (Å²) >= 11 is 6.16. The molecule has 1 aliphatic carbocycles. The van der Waals surface area contributed by atoms with Crippen molar-refractivity contribution in [2.24, 2.45) is 0 Å². The third-order valence-corrected chi connectivity index (χ3v) is 6.25. The summed E-state index contributed by atoms with van der Waals surface area (Å²) in [5.74, 6) is 2.15. The number of carboxylic acids is 1. The largest absolute Gasteiger partial charge is 0.498 e. The molecule has 0 spiro atoms. The molecule has 0 saturated heterocycles. The molecule has 0 aromatic heterocycles. The topological polar surface area (TPSA) is 49.8 Å². The Morgan fingerprint density at radius 2 is 1.97 bits per heavy atom. The molecular weight excluding hydrogens is 503 g/mol. The zero-order valence-electron chi connectivity index (χ0n) is 20.0. The molecule has 2 aromatic rings. The molecule has 4 nitrogen and oxygen atoms in total. The van der Waals surface area contributed by atoms with Crippen molar-refractivity contribution in [2.45, 2.75) is 31.5 Å². The van der Waals surface area contributed by atoms with E-state index < -0.39 is 17.7 Å². The zero-order chi connectivity index (χ0) is 26.8. The zero-order valence-corrected chi connectivity index (χ0v) is 20.8. The van der Waals surface area contributed by atoms with Gasteiger partial charge in [-0.15, -0.1) is 6.42 Å². The van der Waals surface area contributed by atoms with Crippen LogP contribution < -0.4 is 0 Å². The van der Waals surface area contributed by atoms with Crippen LogP contribution in [0, 0.1) is 12.3 Å². The summed E-state index contributed by atoms with van der Waals surface area (Å²) in [5.41, 5.74) is 1.07. The maximum absolute atomic E-state index is 13.4. The highest BCUT2D eigenvalue weighted by Crippen LogP contribution is 2.36. The quantitative estimate of drug-likeness (QED) is 0.197. The lowest BCUT2D eigenvalue weighted by atomic mass is 9.99. The lowest BCUT2D eigenvalue weighted by molar-refractivity contribution is -0.137. The van der Waals surface area contributed by atoms with E-state index in [1.807, 2.05) is 35.2 Å². The SMILES string of the molecule is C#CC(CN(CCCOC1=CC=CC(=CC(=O)O)C1)Cc1cccc(C(F)(F)F)c1Cl)c1ccccc1. The predicted octanol–water partition coefficient (Wildman–Crippen LogP) is 6.84. The van der Waals surface area contributed by atoms with Gasteiger partial charge >= 0.3 is 12.1 Å². The molecule has 1 unspecified atom stereocenters. The van der Waals surface area contributed by atoms with Gasteiger partial charge in [-0.05, 0) is 35.3 Å². The monoisotopic (exact) mass is 529 g/mol. The molecule has 0 aliphatic heterocycles. The Morgan fingerprint density at radius 3 is 2.65 bits per heavy atom. The second-order valence-corrected chi connectivity index (χ2v) is 8.95. The van der Waals surface area contributed by atoms with Crippen molar-refractivity contribution in [1.82, 2.24) is 4.90 Å². The van der Waals surface area contributed by atoms with Crippen LogP contribution in [-0.4, -0.2) is 35.7 Å². The van der Waals surface area contributed by atoms with Gasteiger partial charge in [0.15, 0.2) is 0 Å². The smallest absolute Gasteiger partial charge is 0.417 e. The third-order valence-electron chi connectivity index (χ3n) is 5.81. The first-order valence-electron chi connectivity index (χ1n) is 11.7. The number of allylic oxidation sites excluding steroid dienone is 4. The number of aliphatic carboxylic acids is 1. The number of nitrogens with zero attached hydrogens (tertiary/aromatic N) is 1. The summed E-state index contributed by atoms with van der Waals surface area (Å²) in [6, 6.07) is 13.4. The van der Waals surface area contributed by atoms with E-state index in [2.05, 4.69) is 5.92 Å². The van der Waals surface area contributed by atoms with Gasteiger partial charge < -0.3 is 9.84 Å². The second-order valence-electron chi connectivity index (χ2n) is 8.57. The molecule has 0 heterocycles. The number of hydrogen-bond donors (Lipinski definition) is 1. The number of halogens is 4. The van der Waals surface area contributed by atoms with Crippen LogP contribution in [0.5, 0.6) is 0 Å². The van der Waals surface area contributed by atoms with E-state index in [1.165, 1.54) is 6.07 Å². The van der Waals surface area contributed by atoms with Crippen molar-refractivity contribution in [2.75, 3.05) is 19.7 Å². The fourth-order valence-electron chi connectivity index (χ4n) is 4.04. The molecule has 0 bridgehead atoms. The number of ether oxygens (including phenoxy) is 1. The number of terminal acetylenes is 1. The molecule has 2 aromatic carbocycles. The highest BCUT2D eigenvalue weighted by molar-refractivity contribution is 6.32. The fourth-order valence-corrected chi connectivity index (χ4v) is 4.33. The van der Waals surface area contributed by atoms with E-state index in [1.54, 1.807) is 24.3 Å². The predicted molar refractivity (Wildman–Crippen MR) is 138 cm³/mol. The molecule has 1 N–H and O–H groups in total. The molecule has 194 valence electrons. The standard InChI is InChI=1S/C29H27ClF3NO3/c1-2-22(23-10-4-3-5-11-23)19-34(20-24-12-7-14-26(28(24)30)29(31,32)33)15-8-16-37-25-13-6-9-21(17-25)18-27(35)36/h1,3-7,9-14,18,22H,8,15-17,19-20H2,(H,35,36). The van der Waals surface area contributed by atoms with Gasteiger partial charge in [-0.25, -0.2) is 4.79 Å². The minimum absolute atomic E-state index is 0.185. The molecular formula is C29H27ClF3NO3. The summed E-state index contributed by atoms with van der Waals surface area (Å²) in [6.07, 6.45) is 8.58. The first-order valence-corrected chi connectivity index (χ1v) is 12.1. The van der Waals surface area contributed by atoms with Crippen LogP contribution in [0.15, 0.2) is 84.2 Å². The van der Waals surface area contributed by atoms with E-state index >= 15 is 0 Å². The fraction of sp³-hybridized carbons (Fsp3) is 0.276. The van der Waals surface area contributed by atoms with Crippen molar-refractivity contribution < 1.29 is 27.8 Å². The van der Waals surface area contributed by atoms with Crippen molar-refractivity contribution >= 4 is 17.6 Å². The number of benzene rings is 2. The number of rotatable bonds is 11. The third kappa shape index (κ3) is 8.56. The molecule has 0 saturated carbocycles. The van der Waals surface area contributed by atoms with Gasteiger partial charge in [-0.3, -0.25) is 4.90 Å². The average Bonchev–Trinajstić information content (AvgIpc) is 2.85. The summed E-state index contributed by atoms with van der Waals surface area (Å²) < 4.78 is 46.0. The normalized spacial score (nSPS) is 15.4. The van der Waals surface area contributed by atoms with Gasteiger partial charge in [0.05, 0.1) is 23.1 Å². The Labute approximate surface area is 219 Å². The Hall–Kier alpha value is -3.47. The van der Waals surface area contributed by atoms with Gasteiger partial charge in [-0.2, -0.15) is 13.2 Å². The lowest BCUT2D eigenvalue weighted by Crippen LogP contribution is -2.30. The van der Waals surface area contributed by atoms with E-state index in [0.717, 1.165) is 17.7 Å². The summed E-state index contributed by atoms with van der Waals surface area (Å²) in [6.45, 7) is 1.45. The molecule has 0 amide bonds. The van der Waals surface area contributed by atoms with Crippen LogP contribution >= 0.6 is 11.6 Å². The summed E-state index contributed by atoms with van der Waals surface area (Å²) in [5, 5.41) is 8.63. The molecule has 1 atom stereocenters. The Bertz CT molecular complexity index is 1210. The number of hydrogen-bond acceptors (Lipinski definition) is 3. The Kier molecular flexibility index (Phi) is 10.0. The average molecular weight is 530 g/mol. The van der Waals surface area contributed by atoms with Gasteiger partial charge in [-0.1, -0.05) is 72.1 Å². The minimum atomic E-state index is -4.55. The Morgan fingerprint density at radius 1 is 1.22 bits per heavy atom. The maximum atomic E-state index is 13.4. The number of alkyl halides is 3. The van der Waals surface area contributed by atoms with Crippen LogP contribution in [0.4, 0.5) is 13.2 Å². The van der Waals surface area contributed by atoms with E-state index in [0.29, 0.717) is 49.4 Å². The number of carbonyl (C=O) groups is 1. The Balaban J connectivity index is 1.70. The molecule has 3 rings (SSSR count). The number of carboxylic acid groups (broad SMARTS) is 1. The van der Waals surface area contributed by atoms with Crippen LogP contribution in [0.2, 0.25) is 5.02 Å². The van der Waals surface area contributed by atoms with Crippen molar-refractivity contribution in [3.8, 4) is 12.3 Å². The summed E-state index contributed by atoms with van der Waals surface area (Å²) in [4.78, 5) is 12.9. The molecule has 0 fully saturated rings. The second kappa shape index (κ2) is 13.2. The molecule has 37 heavy (non-hydrogen) atoms. The van der Waals surface area contributed by atoms with Crippen LogP contribution in [0.1, 0.15) is 35.4 Å². The van der Waals surface area contributed by atoms with Crippen LogP contribution in [0.25, 0.3) is 0 Å². The molecule has 0 radical (unpaired) electrons. The van der Waals surface area contributed by atoms with E-state index in [4.69, 9.17) is 27.9 Å². The van der Waals surface area contributed by atoms with Crippen molar-refractivity contribution in [3.63, 3.8) is 0 Å². The van der Waals surface area contributed by atoms with Gasteiger partial charge in [0.25, 0.3) is 0 Å². The lowest BCUT2D eigenvalue weighted by Gasteiger charge is -2.27.